The molecule has 6 nitrogen and oxygen atoms in total. The number of carbonyl (C=O) groups is 1. The highest BCUT2D eigenvalue weighted by Gasteiger charge is 2.25. The van der Waals surface area contributed by atoms with E-state index in [0.29, 0.717) is 29.6 Å². The van der Waals surface area contributed by atoms with Gasteiger partial charge in [-0.05, 0) is 54.8 Å². The van der Waals surface area contributed by atoms with Crippen LogP contribution in [0.1, 0.15) is 31.2 Å². The molecule has 0 spiro atoms. The van der Waals surface area contributed by atoms with Gasteiger partial charge in [0.15, 0.2) is 0 Å². The Morgan fingerprint density at radius 2 is 1.68 bits per heavy atom. The van der Waals surface area contributed by atoms with Gasteiger partial charge < -0.3 is 9.88 Å². The van der Waals surface area contributed by atoms with Crippen molar-refractivity contribution >= 4 is 38.4 Å². The van der Waals surface area contributed by atoms with Gasteiger partial charge in [0.1, 0.15) is 6.54 Å². The van der Waals surface area contributed by atoms with Crippen molar-refractivity contribution in [2.45, 2.75) is 43.7 Å². The van der Waals surface area contributed by atoms with Crippen LogP contribution in [0.5, 0.6) is 0 Å². The molecule has 1 fully saturated rings. The SMILES string of the molecule is O=C(Cn1ccc2cc(S(=O)(=O)N3CCCCCC3)ccc21)NCc1ccc(Cl)cc1. The quantitative estimate of drug-likeness (QED) is 0.601. The summed E-state index contributed by atoms with van der Waals surface area (Å²) in [6.45, 7) is 1.74. The average molecular weight is 460 g/mol. The Hall–Kier alpha value is -2.35. The van der Waals surface area contributed by atoms with Crippen molar-refractivity contribution in [1.82, 2.24) is 14.2 Å². The van der Waals surface area contributed by atoms with E-state index in [9.17, 15) is 13.2 Å². The van der Waals surface area contributed by atoms with Gasteiger partial charge in [0.05, 0.1) is 4.90 Å². The first kappa shape index (κ1) is 21.9. The minimum Gasteiger partial charge on any atom is -0.350 e. The van der Waals surface area contributed by atoms with Gasteiger partial charge in [0, 0.05) is 41.8 Å². The molecule has 0 bridgehead atoms. The molecule has 2 heterocycles. The predicted molar refractivity (Wildman–Crippen MR) is 122 cm³/mol. The van der Waals surface area contributed by atoms with Crippen LogP contribution in [0.3, 0.4) is 0 Å². The molecule has 0 radical (unpaired) electrons. The number of benzene rings is 2. The summed E-state index contributed by atoms with van der Waals surface area (Å²) in [5.74, 6) is -0.117. The van der Waals surface area contributed by atoms with Gasteiger partial charge in [0.25, 0.3) is 0 Å². The molecule has 0 unspecified atom stereocenters. The monoisotopic (exact) mass is 459 g/mol. The van der Waals surface area contributed by atoms with E-state index in [4.69, 9.17) is 11.6 Å². The Morgan fingerprint density at radius 3 is 2.39 bits per heavy atom. The molecule has 0 atom stereocenters. The summed E-state index contributed by atoms with van der Waals surface area (Å²) in [6, 6.07) is 14.3. The first-order valence-corrected chi connectivity index (χ1v) is 12.4. The van der Waals surface area contributed by atoms with Gasteiger partial charge in [-0.15, -0.1) is 0 Å². The summed E-state index contributed by atoms with van der Waals surface area (Å²) in [4.78, 5) is 12.7. The summed E-state index contributed by atoms with van der Waals surface area (Å²) in [6.07, 6.45) is 5.78. The minimum absolute atomic E-state index is 0.117. The number of aromatic nitrogens is 1. The van der Waals surface area contributed by atoms with Gasteiger partial charge in [-0.2, -0.15) is 4.31 Å². The first-order valence-electron chi connectivity index (χ1n) is 10.5. The normalized spacial score (nSPS) is 15.6. The van der Waals surface area contributed by atoms with Gasteiger partial charge in [-0.3, -0.25) is 4.79 Å². The summed E-state index contributed by atoms with van der Waals surface area (Å²) in [7, 11) is -3.50. The number of nitrogens with one attached hydrogen (secondary N) is 1. The van der Waals surface area contributed by atoms with E-state index in [0.717, 1.165) is 42.1 Å². The second-order valence-corrected chi connectivity index (χ2v) is 10.3. The third kappa shape index (κ3) is 5.11. The molecule has 0 saturated carbocycles. The molecule has 8 heteroatoms. The maximum Gasteiger partial charge on any atom is 0.243 e. The van der Waals surface area contributed by atoms with Crippen LogP contribution in [-0.2, 0) is 27.9 Å². The molecule has 0 aliphatic carbocycles. The van der Waals surface area contributed by atoms with Gasteiger partial charge in [-0.1, -0.05) is 36.6 Å². The molecule has 1 aliphatic rings. The molecular formula is C23H26ClN3O3S. The summed E-state index contributed by atoms with van der Waals surface area (Å²) >= 11 is 5.88. The number of carbonyl (C=O) groups excluding carboxylic acids is 1. The van der Waals surface area contributed by atoms with E-state index in [1.54, 1.807) is 34.6 Å². The fraction of sp³-hybridized carbons (Fsp3) is 0.348. The topological polar surface area (TPSA) is 71.4 Å². The van der Waals surface area contributed by atoms with Crippen molar-refractivity contribution in [2.75, 3.05) is 13.1 Å². The zero-order valence-corrected chi connectivity index (χ0v) is 18.8. The zero-order chi connectivity index (χ0) is 21.8. The molecule has 1 aliphatic heterocycles. The predicted octanol–water partition coefficient (Wildman–Crippen LogP) is 4.18. The van der Waals surface area contributed by atoms with Gasteiger partial charge >= 0.3 is 0 Å². The number of rotatable bonds is 6. The van der Waals surface area contributed by atoms with Crippen LogP contribution in [0.2, 0.25) is 5.02 Å². The molecule has 4 rings (SSSR count). The fourth-order valence-electron chi connectivity index (χ4n) is 3.92. The molecule has 1 saturated heterocycles. The van der Waals surface area contributed by atoms with Crippen LogP contribution in [0.15, 0.2) is 59.6 Å². The van der Waals surface area contributed by atoms with Crippen LogP contribution in [-0.4, -0.2) is 36.3 Å². The smallest absolute Gasteiger partial charge is 0.243 e. The maximum absolute atomic E-state index is 13.1. The third-order valence-corrected chi connectivity index (χ3v) is 7.81. The highest BCUT2D eigenvalue weighted by molar-refractivity contribution is 7.89. The van der Waals surface area contributed by atoms with E-state index >= 15 is 0 Å². The number of amides is 1. The lowest BCUT2D eigenvalue weighted by atomic mass is 10.2. The van der Waals surface area contributed by atoms with E-state index < -0.39 is 10.0 Å². The maximum atomic E-state index is 13.1. The highest BCUT2D eigenvalue weighted by atomic mass is 35.5. The van der Waals surface area contributed by atoms with Crippen molar-refractivity contribution in [3.05, 3.63) is 65.3 Å². The zero-order valence-electron chi connectivity index (χ0n) is 17.3. The third-order valence-electron chi connectivity index (χ3n) is 5.66. The van der Waals surface area contributed by atoms with Gasteiger partial charge in [-0.25, -0.2) is 8.42 Å². The molecule has 164 valence electrons. The molecule has 1 aromatic heterocycles. The van der Waals surface area contributed by atoms with Crippen LogP contribution < -0.4 is 5.32 Å². The van der Waals surface area contributed by atoms with Crippen molar-refractivity contribution in [3.63, 3.8) is 0 Å². The molecule has 1 N–H and O–H groups in total. The number of hydrogen-bond acceptors (Lipinski definition) is 3. The summed E-state index contributed by atoms with van der Waals surface area (Å²) in [5.41, 5.74) is 1.80. The lowest BCUT2D eigenvalue weighted by molar-refractivity contribution is -0.121. The summed E-state index contributed by atoms with van der Waals surface area (Å²) < 4.78 is 29.5. The second kappa shape index (κ2) is 9.42. The second-order valence-electron chi connectivity index (χ2n) is 7.89. The van der Waals surface area contributed by atoms with E-state index in [1.807, 2.05) is 29.0 Å². The number of fused-ring (bicyclic) bond motifs is 1. The number of halogens is 1. The fourth-order valence-corrected chi connectivity index (χ4v) is 5.60. The number of nitrogens with zero attached hydrogens (tertiary/aromatic N) is 2. The Morgan fingerprint density at radius 1 is 0.968 bits per heavy atom. The van der Waals surface area contributed by atoms with Crippen LogP contribution in [0, 0.1) is 0 Å². The Labute approximate surface area is 187 Å². The van der Waals surface area contributed by atoms with Crippen molar-refractivity contribution < 1.29 is 13.2 Å². The van der Waals surface area contributed by atoms with Crippen LogP contribution in [0.25, 0.3) is 10.9 Å². The Bertz CT molecular complexity index is 1160. The standard InChI is InChI=1S/C23H26ClN3O3S/c24-20-7-5-18(6-8-20)16-25-23(28)17-26-14-11-19-15-21(9-10-22(19)26)31(29,30)27-12-3-1-2-4-13-27/h5-11,14-15H,1-4,12-13,16-17H2,(H,25,28). The molecule has 3 aromatic rings. The van der Waals surface area contributed by atoms with Crippen LogP contribution in [0.4, 0.5) is 0 Å². The largest absolute Gasteiger partial charge is 0.350 e. The van der Waals surface area contributed by atoms with E-state index in [-0.39, 0.29) is 12.5 Å². The molecule has 2 aromatic carbocycles. The lowest BCUT2D eigenvalue weighted by Gasteiger charge is -2.20. The minimum atomic E-state index is -3.50. The molecule has 1 amide bonds. The number of hydrogen-bond donors (Lipinski definition) is 1. The molecular weight excluding hydrogens is 434 g/mol. The lowest BCUT2D eigenvalue weighted by Crippen LogP contribution is -2.31. The van der Waals surface area contributed by atoms with Gasteiger partial charge in [0.2, 0.25) is 15.9 Å². The number of sulfonamides is 1. The Balaban J connectivity index is 1.45. The molecule has 31 heavy (non-hydrogen) atoms. The van der Waals surface area contributed by atoms with Crippen LogP contribution >= 0.6 is 11.6 Å². The van der Waals surface area contributed by atoms with Crippen molar-refractivity contribution in [1.29, 1.82) is 0 Å². The Kier molecular flexibility index (Phi) is 6.65. The van der Waals surface area contributed by atoms with Crippen molar-refractivity contribution in [3.8, 4) is 0 Å². The summed E-state index contributed by atoms with van der Waals surface area (Å²) in [5, 5.41) is 4.37. The highest BCUT2D eigenvalue weighted by Crippen LogP contribution is 2.25. The van der Waals surface area contributed by atoms with E-state index in [1.165, 1.54) is 0 Å². The van der Waals surface area contributed by atoms with E-state index in [2.05, 4.69) is 5.32 Å². The average Bonchev–Trinajstić information content (AvgIpc) is 2.97. The first-order chi connectivity index (χ1) is 14.9. The van der Waals surface area contributed by atoms with Crippen molar-refractivity contribution in [2.24, 2.45) is 0 Å².